The number of amides is 1. The fourth-order valence-electron chi connectivity index (χ4n) is 3.46. The first-order valence-electron chi connectivity index (χ1n) is 7.19. The minimum atomic E-state index is -0.783. The van der Waals surface area contributed by atoms with Crippen LogP contribution < -0.4 is 0 Å². The van der Waals surface area contributed by atoms with Gasteiger partial charge in [-0.15, -0.1) is 0 Å². The molecule has 1 N–H and O–H groups in total. The number of hydrogen-bond acceptors (Lipinski definition) is 2. The highest BCUT2D eigenvalue weighted by Gasteiger charge is 2.52. The molecule has 0 spiro atoms. The van der Waals surface area contributed by atoms with Gasteiger partial charge in [0.25, 0.3) is 0 Å². The average molecular weight is 251 g/mol. The van der Waals surface area contributed by atoms with Gasteiger partial charge in [0.15, 0.2) is 0 Å². The summed E-state index contributed by atoms with van der Waals surface area (Å²) in [5, 5.41) is 8.93. The molecule has 0 aromatic carbocycles. The molecule has 3 atom stereocenters. The summed E-state index contributed by atoms with van der Waals surface area (Å²) in [4.78, 5) is 25.2. The summed E-state index contributed by atoms with van der Waals surface area (Å²) < 4.78 is 0. The Morgan fingerprint density at radius 3 is 2.61 bits per heavy atom. The van der Waals surface area contributed by atoms with Crippen molar-refractivity contribution in [2.45, 2.75) is 51.0 Å². The monoisotopic (exact) mass is 251 g/mol. The summed E-state index contributed by atoms with van der Waals surface area (Å²) in [5.41, 5.74) is 0. The van der Waals surface area contributed by atoms with Crippen molar-refractivity contribution >= 4 is 11.9 Å². The standard InChI is InChI=1S/C14H21NO3/c16-13(17)7-10-3-1-2-6-15(10)14(18)12-8-11(12)9-4-5-9/h9-12H,1-8H2,(H,16,17). The SMILES string of the molecule is O=C(O)CC1CCCCN1C(=O)C1CC1C1CC1. The molecule has 3 unspecified atom stereocenters. The van der Waals surface area contributed by atoms with Crippen molar-refractivity contribution in [3.63, 3.8) is 0 Å². The summed E-state index contributed by atoms with van der Waals surface area (Å²) in [6.45, 7) is 0.769. The van der Waals surface area contributed by atoms with Gasteiger partial charge in [-0.05, 0) is 50.4 Å². The van der Waals surface area contributed by atoms with Crippen molar-refractivity contribution in [2.24, 2.45) is 17.8 Å². The Kier molecular flexibility index (Phi) is 3.04. The lowest BCUT2D eigenvalue weighted by molar-refractivity contribution is -0.142. The van der Waals surface area contributed by atoms with E-state index in [4.69, 9.17) is 5.11 Å². The Balaban J connectivity index is 1.61. The summed E-state index contributed by atoms with van der Waals surface area (Å²) >= 11 is 0. The predicted octanol–water partition coefficient (Wildman–Crippen LogP) is 1.89. The Bertz CT molecular complexity index is 364. The van der Waals surface area contributed by atoms with Crippen LogP contribution in [0.25, 0.3) is 0 Å². The number of likely N-dealkylation sites (tertiary alicyclic amines) is 1. The molecule has 4 nitrogen and oxygen atoms in total. The van der Waals surface area contributed by atoms with Crippen LogP contribution in [0.5, 0.6) is 0 Å². The zero-order valence-corrected chi connectivity index (χ0v) is 10.7. The normalized spacial score (nSPS) is 35.3. The number of carboxylic acids is 1. The fourth-order valence-corrected chi connectivity index (χ4v) is 3.46. The van der Waals surface area contributed by atoms with Crippen LogP contribution in [0.4, 0.5) is 0 Å². The Hall–Kier alpha value is -1.06. The lowest BCUT2D eigenvalue weighted by atomic mass is 9.98. The lowest BCUT2D eigenvalue weighted by Crippen LogP contribution is -2.45. The summed E-state index contributed by atoms with van der Waals surface area (Å²) in [7, 11) is 0. The van der Waals surface area contributed by atoms with Gasteiger partial charge in [-0.2, -0.15) is 0 Å². The van der Waals surface area contributed by atoms with Crippen molar-refractivity contribution < 1.29 is 14.7 Å². The molecule has 4 heteroatoms. The third kappa shape index (κ3) is 2.38. The number of carboxylic acid groups (broad SMARTS) is 1. The van der Waals surface area contributed by atoms with Crippen molar-refractivity contribution in [1.82, 2.24) is 4.90 Å². The van der Waals surface area contributed by atoms with E-state index in [2.05, 4.69) is 0 Å². The minimum Gasteiger partial charge on any atom is -0.481 e. The number of carbonyl (C=O) groups excluding carboxylic acids is 1. The molecule has 1 heterocycles. The first-order chi connectivity index (χ1) is 8.66. The van der Waals surface area contributed by atoms with Crippen LogP contribution in [-0.2, 0) is 9.59 Å². The lowest BCUT2D eigenvalue weighted by Gasteiger charge is -2.35. The molecule has 0 aromatic heterocycles. The highest BCUT2D eigenvalue weighted by atomic mass is 16.4. The third-order valence-corrected chi connectivity index (χ3v) is 4.70. The smallest absolute Gasteiger partial charge is 0.305 e. The van der Waals surface area contributed by atoms with Crippen LogP contribution in [0.2, 0.25) is 0 Å². The van der Waals surface area contributed by atoms with Gasteiger partial charge in [-0.25, -0.2) is 0 Å². The van der Waals surface area contributed by atoms with E-state index in [0.717, 1.165) is 38.1 Å². The molecule has 100 valence electrons. The van der Waals surface area contributed by atoms with Gasteiger partial charge in [0.05, 0.1) is 6.42 Å². The van der Waals surface area contributed by atoms with Crippen LogP contribution in [0.1, 0.15) is 44.9 Å². The van der Waals surface area contributed by atoms with Crippen LogP contribution in [-0.4, -0.2) is 34.5 Å². The molecule has 18 heavy (non-hydrogen) atoms. The van der Waals surface area contributed by atoms with Crippen molar-refractivity contribution in [3.8, 4) is 0 Å². The fraction of sp³-hybridized carbons (Fsp3) is 0.857. The largest absolute Gasteiger partial charge is 0.481 e. The van der Waals surface area contributed by atoms with E-state index < -0.39 is 5.97 Å². The molecule has 3 aliphatic rings. The minimum absolute atomic E-state index is 0.0517. The Labute approximate surface area is 107 Å². The van der Waals surface area contributed by atoms with Crippen LogP contribution >= 0.6 is 0 Å². The average Bonchev–Trinajstić information content (AvgIpc) is 3.18. The van der Waals surface area contributed by atoms with E-state index in [-0.39, 0.29) is 24.3 Å². The molecule has 0 bridgehead atoms. The Morgan fingerprint density at radius 2 is 1.94 bits per heavy atom. The summed E-state index contributed by atoms with van der Waals surface area (Å²) in [6.07, 6.45) is 6.71. The van der Waals surface area contributed by atoms with Crippen molar-refractivity contribution in [2.75, 3.05) is 6.54 Å². The highest BCUT2D eigenvalue weighted by Crippen LogP contribution is 2.55. The quantitative estimate of drug-likeness (QED) is 0.830. The Morgan fingerprint density at radius 1 is 1.17 bits per heavy atom. The van der Waals surface area contributed by atoms with Crippen LogP contribution in [0.3, 0.4) is 0 Å². The number of hydrogen-bond donors (Lipinski definition) is 1. The van der Waals surface area contributed by atoms with Crippen LogP contribution in [0.15, 0.2) is 0 Å². The number of carbonyl (C=O) groups is 2. The molecule has 1 amide bonds. The van der Waals surface area contributed by atoms with E-state index in [1.807, 2.05) is 4.90 Å². The van der Waals surface area contributed by atoms with Gasteiger partial charge in [0.2, 0.25) is 5.91 Å². The molecule has 2 saturated carbocycles. The molecular weight excluding hydrogens is 230 g/mol. The number of nitrogens with zero attached hydrogens (tertiary/aromatic N) is 1. The van der Waals surface area contributed by atoms with Crippen LogP contribution in [0, 0.1) is 17.8 Å². The van der Waals surface area contributed by atoms with E-state index in [1.165, 1.54) is 12.8 Å². The van der Waals surface area contributed by atoms with Gasteiger partial charge < -0.3 is 10.0 Å². The van der Waals surface area contributed by atoms with E-state index in [9.17, 15) is 9.59 Å². The molecule has 3 rings (SSSR count). The summed E-state index contributed by atoms with van der Waals surface area (Å²) in [6, 6.07) is -0.0517. The zero-order valence-electron chi connectivity index (χ0n) is 10.7. The van der Waals surface area contributed by atoms with Gasteiger partial charge in [0, 0.05) is 18.5 Å². The van der Waals surface area contributed by atoms with Gasteiger partial charge >= 0.3 is 5.97 Å². The van der Waals surface area contributed by atoms with E-state index in [1.54, 1.807) is 0 Å². The van der Waals surface area contributed by atoms with Crippen molar-refractivity contribution in [1.29, 1.82) is 0 Å². The molecule has 0 radical (unpaired) electrons. The second-order valence-electron chi connectivity index (χ2n) is 6.12. The number of rotatable bonds is 4. The van der Waals surface area contributed by atoms with Gasteiger partial charge in [-0.1, -0.05) is 0 Å². The molecular formula is C14H21NO3. The van der Waals surface area contributed by atoms with Gasteiger partial charge in [0.1, 0.15) is 0 Å². The second-order valence-corrected chi connectivity index (χ2v) is 6.12. The molecule has 1 aliphatic heterocycles. The molecule has 2 aliphatic carbocycles. The van der Waals surface area contributed by atoms with E-state index in [0.29, 0.717) is 5.92 Å². The number of piperidine rings is 1. The molecule has 3 fully saturated rings. The predicted molar refractivity (Wildman–Crippen MR) is 65.9 cm³/mol. The first-order valence-corrected chi connectivity index (χ1v) is 7.19. The topological polar surface area (TPSA) is 57.6 Å². The number of aliphatic carboxylic acids is 1. The van der Waals surface area contributed by atoms with Gasteiger partial charge in [-0.3, -0.25) is 9.59 Å². The van der Waals surface area contributed by atoms with E-state index >= 15 is 0 Å². The molecule has 0 aromatic rings. The van der Waals surface area contributed by atoms with Crippen molar-refractivity contribution in [3.05, 3.63) is 0 Å². The highest BCUT2D eigenvalue weighted by molar-refractivity contribution is 5.83. The second kappa shape index (κ2) is 4.56. The zero-order chi connectivity index (χ0) is 12.7. The third-order valence-electron chi connectivity index (χ3n) is 4.70. The summed E-state index contributed by atoms with van der Waals surface area (Å²) in [5.74, 6) is 1.13. The maximum absolute atomic E-state index is 12.4. The maximum atomic E-state index is 12.4. The molecule has 1 saturated heterocycles. The first kappa shape index (κ1) is 12.0. The maximum Gasteiger partial charge on any atom is 0.305 e.